The van der Waals surface area contributed by atoms with Crippen molar-refractivity contribution in [2.24, 2.45) is 0 Å². The summed E-state index contributed by atoms with van der Waals surface area (Å²) in [6, 6.07) is 9.63. The molecule has 0 aliphatic carbocycles. The molecule has 1 aromatic heterocycles. The van der Waals surface area contributed by atoms with Gasteiger partial charge in [-0.3, -0.25) is 4.79 Å². The van der Waals surface area contributed by atoms with Crippen LogP contribution in [0.4, 0.5) is 0 Å². The first-order chi connectivity index (χ1) is 10.5. The van der Waals surface area contributed by atoms with Gasteiger partial charge in [0.1, 0.15) is 9.88 Å². The van der Waals surface area contributed by atoms with Crippen LogP contribution in [0.5, 0.6) is 0 Å². The topological polar surface area (TPSA) is 68.3 Å². The Morgan fingerprint density at radius 3 is 2.64 bits per heavy atom. The van der Waals surface area contributed by atoms with Crippen LogP contribution in [0, 0.1) is 6.92 Å². The van der Waals surface area contributed by atoms with Crippen molar-refractivity contribution in [1.29, 1.82) is 0 Å². The molecular weight excluding hydrogens is 300 g/mol. The number of esters is 1. The van der Waals surface area contributed by atoms with E-state index in [4.69, 9.17) is 4.74 Å². The number of aryl methyl sites for hydroxylation is 1. The average Bonchev–Trinajstić information content (AvgIpc) is 2.90. The monoisotopic (exact) mass is 318 g/mol. The maximum Gasteiger partial charge on any atom is 0.351 e. The highest BCUT2D eigenvalue weighted by Gasteiger charge is 2.22. The number of likely N-dealkylation sites (N-methyl/N-ethyl adjacent to an activating group) is 1. The minimum Gasteiger partial charge on any atom is -0.448 e. The number of hydrogen-bond donors (Lipinski definition) is 1. The Labute approximate surface area is 133 Å². The van der Waals surface area contributed by atoms with Crippen molar-refractivity contribution < 1.29 is 14.3 Å². The van der Waals surface area contributed by atoms with E-state index < -0.39 is 12.1 Å². The molecule has 0 aliphatic heterocycles. The molecular formula is C16H18N2O3S. The quantitative estimate of drug-likeness (QED) is 0.861. The number of hydrogen-bond acceptors (Lipinski definition) is 5. The van der Waals surface area contributed by atoms with E-state index in [9.17, 15) is 9.59 Å². The van der Waals surface area contributed by atoms with Gasteiger partial charge in [-0.2, -0.15) is 0 Å². The molecule has 5 nitrogen and oxygen atoms in total. The summed E-state index contributed by atoms with van der Waals surface area (Å²) in [5, 5.41) is 3.38. The van der Waals surface area contributed by atoms with Crippen molar-refractivity contribution in [2.75, 3.05) is 6.54 Å². The van der Waals surface area contributed by atoms with Crippen molar-refractivity contribution in [3.8, 4) is 10.6 Å². The number of amides is 1. The lowest BCUT2D eigenvalue weighted by Gasteiger charge is -2.11. The largest absolute Gasteiger partial charge is 0.448 e. The highest BCUT2D eigenvalue weighted by Crippen LogP contribution is 2.28. The molecule has 0 saturated heterocycles. The van der Waals surface area contributed by atoms with Gasteiger partial charge in [-0.25, -0.2) is 9.78 Å². The summed E-state index contributed by atoms with van der Waals surface area (Å²) in [6.07, 6.45) is -0.825. The van der Waals surface area contributed by atoms with E-state index in [-0.39, 0.29) is 5.91 Å². The molecule has 0 bridgehead atoms. The molecule has 1 amide bonds. The maximum absolute atomic E-state index is 12.2. The number of carbonyl (C=O) groups excluding carboxylic acids is 2. The number of rotatable bonds is 5. The summed E-state index contributed by atoms with van der Waals surface area (Å²) < 4.78 is 5.20. The Balaban J connectivity index is 2.14. The van der Waals surface area contributed by atoms with Crippen LogP contribution in [0.1, 0.15) is 29.2 Å². The predicted octanol–water partition coefficient (Wildman–Crippen LogP) is 2.80. The van der Waals surface area contributed by atoms with Crippen LogP contribution in [0.15, 0.2) is 30.3 Å². The Hall–Kier alpha value is -2.21. The first-order valence-corrected chi connectivity index (χ1v) is 7.86. The molecule has 1 heterocycles. The number of ether oxygens (including phenoxy) is 1. The van der Waals surface area contributed by atoms with Crippen LogP contribution in [0.25, 0.3) is 10.6 Å². The fourth-order valence-electron chi connectivity index (χ4n) is 1.88. The van der Waals surface area contributed by atoms with E-state index in [2.05, 4.69) is 10.3 Å². The fourth-order valence-corrected chi connectivity index (χ4v) is 2.83. The average molecular weight is 318 g/mol. The second kappa shape index (κ2) is 7.17. The fraction of sp³-hybridized carbons (Fsp3) is 0.312. The van der Waals surface area contributed by atoms with Gasteiger partial charge in [0, 0.05) is 12.1 Å². The molecule has 0 aliphatic rings. The molecule has 0 radical (unpaired) electrons. The van der Waals surface area contributed by atoms with Crippen molar-refractivity contribution in [3.05, 3.63) is 40.9 Å². The van der Waals surface area contributed by atoms with Crippen LogP contribution in [-0.2, 0) is 9.53 Å². The standard InChI is InChI=1S/C16H18N2O3S/c1-4-17-14(19)11(3)21-16(20)13-10(2)18-15(22-13)12-8-6-5-7-9-12/h5-9,11H,4H2,1-3H3,(H,17,19)/t11-/m1/s1. The van der Waals surface area contributed by atoms with Crippen LogP contribution in [0.2, 0.25) is 0 Å². The van der Waals surface area contributed by atoms with Gasteiger partial charge >= 0.3 is 5.97 Å². The molecule has 22 heavy (non-hydrogen) atoms. The molecule has 2 rings (SSSR count). The zero-order valence-corrected chi connectivity index (χ0v) is 13.6. The molecule has 0 unspecified atom stereocenters. The van der Waals surface area contributed by atoms with Gasteiger partial charge < -0.3 is 10.1 Å². The first kappa shape index (κ1) is 16.2. The lowest BCUT2D eigenvalue weighted by molar-refractivity contribution is -0.128. The molecule has 116 valence electrons. The molecule has 6 heteroatoms. The van der Waals surface area contributed by atoms with Crippen molar-refractivity contribution >= 4 is 23.2 Å². The lowest BCUT2D eigenvalue weighted by Crippen LogP contribution is -2.35. The van der Waals surface area contributed by atoms with Gasteiger partial charge in [-0.05, 0) is 20.8 Å². The summed E-state index contributed by atoms with van der Waals surface area (Å²) in [7, 11) is 0. The smallest absolute Gasteiger partial charge is 0.351 e. The van der Waals surface area contributed by atoms with Crippen molar-refractivity contribution in [3.63, 3.8) is 0 Å². The Kier molecular flexibility index (Phi) is 5.27. The van der Waals surface area contributed by atoms with Gasteiger partial charge in [-0.15, -0.1) is 11.3 Å². The minimum atomic E-state index is -0.825. The van der Waals surface area contributed by atoms with Gasteiger partial charge in [0.15, 0.2) is 6.10 Å². The van der Waals surface area contributed by atoms with E-state index in [0.717, 1.165) is 10.6 Å². The van der Waals surface area contributed by atoms with E-state index in [0.29, 0.717) is 17.1 Å². The third-order valence-electron chi connectivity index (χ3n) is 3.01. The number of benzene rings is 1. The molecule has 1 atom stereocenters. The third kappa shape index (κ3) is 3.71. The summed E-state index contributed by atoms with van der Waals surface area (Å²) in [5.41, 5.74) is 1.56. The number of thiazole rings is 1. The number of nitrogens with one attached hydrogen (secondary N) is 1. The van der Waals surface area contributed by atoms with E-state index >= 15 is 0 Å². The molecule has 0 fully saturated rings. The second-order valence-electron chi connectivity index (χ2n) is 4.74. The Morgan fingerprint density at radius 2 is 2.00 bits per heavy atom. The number of nitrogens with zero attached hydrogens (tertiary/aromatic N) is 1. The van der Waals surface area contributed by atoms with Gasteiger partial charge in [-0.1, -0.05) is 30.3 Å². The van der Waals surface area contributed by atoms with E-state index in [1.165, 1.54) is 11.3 Å². The first-order valence-electron chi connectivity index (χ1n) is 7.04. The SMILES string of the molecule is CCNC(=O)[C@@H](C)OC(=O)c1sc(-c2ccccc2)nc1C. The summed E-state index contributed by atoms with van der Waals surface area (Å²) >= 11 is 1.27. The van der Waals surface area contributed by atoms with Crippen molar-refractivity contribution in [2.45, 2.75) is 26.9 Å². The summed E-state index contributed by atoms with van der Waals surface area (Å²) in [5.74, 6) is -0.822. The third-order valence-corrected chi connectivity index (χ3v) is 4.19. The van der Waals surface area contributed by atoms with Gasteiger partial charge in [0.05, 0.1) is 5.69 Å². The number of carbonyl (C=O) groups is 2. The summed E-state index contributed by atoms with van der Waals surface area (Å²) in [6.45, 7) is 5.62. The molecule has 2 aromatic rings. The Bertz CT molecular complexity index is 667. The Morgan fingerprint density at radius 1 is 1.32 bits per heavy atom. The van der Waals surface area contributed by atoms with E-state index in [1.807, 2.05) is 37.3 Å². The highest BCUT2D eigenvalue weighted by atomic mass is 32.1. The molecule has 1 N–H and O–H groups in total. The lowest BCUT2D eigenvalue weighted by atomic mass is 10.2. The van der Waals surface area contributed by atoms with Crippen LogP contribution in [-0.4, -0.2) is 29.5 Å². The predicted molar refractivity (Wildman–Crippen MR) is 85.8 cm³/mol. The normalized spacial score (nSPS) is 11.8. The molecule has 0 spiro atoms. The minimum absolute atomic E-state index is 0.304. The zero-order valence-electron chi connectivity index (χ0n) is 12.8. The maximum atomic E-state index is 12.2. The number of aromatic nitrogens is 1. The second-order valence-corrected chi connectivity index (χ2v) is 5.74. The van der Waals surface area contributed by atoms with Gasteiger partial charge in [0.2, 0.25) is 0 Å². The van der Waals surface area contributed by atoms with Crippen LogP contribution in [0.3, 0.4) is 0 Å². The summed E-state index contributed by atoms with van der Waals surface area (Å²) in [4.78, 5) is 28.7. The highest BCUT2D eigenvalue weighted by molar-refractivity contribution is 7.17. The molecule has 1 aromatic carbocycles. The zero-order chi connectivity index (χ0) is 16.1. The van der Waals surface area contributed by atoms with Crippen molar-refractivity contribution in [1.82, 2.24) is 10.3 Å². The molecule has 0 saturated carbocycles. The van der Waals surface area contributed by atoms with E-state index in [1.54, 1.807) is 13.8 Å². The van der Waals surface area contributed by atoms with Crippen LogP contribution >= 0.6 is 11.3 Å². The van der Waals surface area contributed by atoms with Gasteiger partial charge in [0.25, 0.3) is 5.91 Å². The van der Waals surface area contributed by atoms with Crippen LogP contribution < -0.4 is 5.32 Å².